The first-order valence-corrected chi connectivity index (χ1v) is 7.65. The van der Waals surface area contributed by atoms with Crippen molar-refractivity contribution in [2.45, 2.75) is 13.0 Å². The number of nitrogens with one attached hydrogen (secondary N) is 1. The molecule has 0 bridgehead atoms. The van der Waals surface area contributed by atoms with E-state index in [0.29, 0.717) is 11.3 Å². The van der Waals surface area contributed by atoms with Gasteiger partial charge >= 0.3 is 0 Å². The molecule has 0 saturated heterocycles. The highest BCUT2D eigenvalue weighted by atomic mass is 16.3. The highest BCUT2D eigenvalue weighted by Crippen LogP contribution is 2.22. The van der Waals surface area contributed by atoms with Gasteiger partial charge in [-0.25, -0.2) is 0 Å². The van der Waals surface area contributed by atoms with Gasteiger partial charge in [0.05, 0.1) is 6.26 Å². The lowest BCUT2D eigenvalue weighted by molar-refractivity contribution is -0.117. The van der Waals surface area contributed by atoms with Crippen LogP contribution in [0.2, 0.25) is 0 Å². The molecule has 4 nitrogen and oxygen atoms in total. The first-order chi connectivity index (χ1) is 11.6. The van der Waals surface area contributed by atoms with Gasteiger partial charge in [0.1, 0.15) is 11.8 Å². The van der Waals surface area contributed by atoms with E-state index in [4.69, 9.17) is 4.42 Å². The summed E-state index contributed by atoms with van der Waals surface area (Å²) in [7, 11) is 0. The average Bonchev–Trinajstić information content (AvgIpc) is 3.14. The van der Waals surface area contributed by atoms with Gasteiger partial charge in [-0.3, -0.25) is 9.59 Å². The third-order valence-electron chi connectivity index (χ3n) is 3.76. The zero-order valence-electron chi connectivity index (χ0n) is 13.2. The van der Waals surface area contributed by atoms with Gasteiger partial charge in [-0.2, -0.15) is 0 Å². The molecule has 1 aromatic heterocycles. The molecule has 0 aliphatic carbocycles. The maximum Gasteiger partial charge on any atom is 0.293 e. The maximum absolute atomic E-state index is 12.4. The SMILES string of the molecule is Cc1ccc(C(=O)C(=O)NC(c2ccccc2)c2ccco2)cc1. The molecule has 2 aromatic carbocycles. The number of rotatable bonds is 5. The molecule has 0 fully saturated rings. The van der Waals surface area contributed by atoms with E-state index in [1.54, 1.807) is 30.5 Å². The minimum atomic E-state index is -0.663. The molecule has 24 heavy (non-hydrogen) atoms. The number of aryl methyl sites for hydroxylation is 1. The molecule has 0 aliphatic heterocycles. The van der Waals surface area contributed by atoms with Crippen LogP contribution in [0.1, 0.15) is 33.3 Å². The highest BCUT2D eigenvalue weighted by molar-refractivity contribution is 6.42. The molecule has 0 saturated carbocycles. The minimum absolute atomic E-state index is 0.365. The quantitative estimate of drug-likeness (QED) is 0.576. The number of ketones is 1. The lowest BCUT2D eigenvalue weighted by Crippen LogP contribution is -2.34. The Kier molecular flexibility index (Phi) is 4.57. The van der Waals surface area contributed by atoms with Gasteiger partial charge in [-0.15, -0.1) is 0 Å². The number of furan rings is 1. The van der Waals surface area contributed by atoms with Crippen LogP contribution in [0.15, 0.2) is 77.4 Å². The fraction of sp³-hybridized carbons (Fsp3) is 0.100. The third kappa shape index (κ3) is 3.43. The van der Waals surface area contributed by atoms with Crippen LogP contribution in [-0.4, -0.2) is 11.7 Å². The number of hydrogen-bond acceptors (Lipinski definition) is 3. The summed E-state index contributed by atoms with van der Waals surface area (Å²) in [5, 5.41) is 2.77. The largest absolute Gasteiger partial charge is 0.467 e. The predicted octanol–water partition coefficient (Wildman–Crippen LogP) is 3.68. The van der Waals surface area contributed by atoms with Gasteiger partial charge in [-0.05, 0) is 24.6 Å². The zero-order chi connectivity index (χ0) is 16.9. The Morgan fingerprint density at radius 1 is 0.917 bits per heavy atom. The summed E-state index contributed by atoms with van der Waals surface area (Å²) in [5.74, 6) is -0.655. The van der Waals surface area contributed by atoms with E-state index in [-0.39, 0.29) is 0 Å². The summed E-state index contributed by atoms with van der Waals surface area (Å²) in [6.07, 6.45) is 1.54. The van der Waals surface area contributed by atoms with Gasteiger partial charge in [-0.1, -0.05) is 60.2 Å². The van der Waals surface area contributed by atoms with E-state index in [1.807, 2.05) is 49.4 Å². The second-order valence-corrected chi connectivity index (χ2v) is 5.53. The fourth-order valence-corrected chi connectivity index (χ4v) is 2.45. The highest BCUT2D eigenvalue weighted by Gasteiger charge is 2.23. The van der Waals surface area contributed by atoms with Crippen molar-refractivity contribution in [2.24, 2.45) is 0 Å². The van der Waals surface area contributed by atoms with Crippen molar-refractivity contribution in [1.29, 1.82) is 0 Å². The van der Waals surface area contributed by atoms with Gasteiger partial charge < -0.3 is 9.73 Å². The monoisotopic (exact) mass is 319 g/mol. The molecule has 4 heteroatoms. The van der Waals surface area contributed by atoms with Crippen molar-refractivity contribution in [3.8, 4) is 0 Å². The molecule has 3 rings (SSSR count). The van der Waals surface area contributed by atoms with Crippen molar-refractivity contribution in [2.75, 3.05) is 0 Å². The number of carbonyl (C=O) groups excluding carboxylic acids is 2. The molecule has 3 aromatic rings. The van der Waals surface area contributed by atoms with Crippen LogP contribution in [0.3, 0.4) is 0 Å². The smallest absolute Gasteiger partial charge is 0.293 e. The van der Waals surface area contributed by atoms with Gasteiger partial charge in [0.15, 0.2) is 0 Å². The lowest BCUT2D eigenvalue weighted by atomic mass is 10.0. The molecular weight excluding hydrogens is 302 g/mol. The topological polar surface area (TPSA) is 59.3 Å². The average molecular weight is 319 g/mol. The zero-order valence-corrected chi connectivity index (χ0v) is 13.2. The molecule has 1 N–H and O–H groups in total. The summed E-state index contributed by atoms with van der Waals surface area (Å²) < 4.78 is 5.43. The van der Waals surface area contributed by atoms with Crippen LogP contribution in [0.4, 0.5) is 0 Å². The van der Waals surface area contributed by atoms with Gasteiger partial charge in [0.25, 0.3) is 5.91 Å². The Labute approximate surface area is 140 Å². The van der Waals surface area contributed by atoms with Gasteiger partial charge in [0.2, 0.25) is 5.78 Å². The molecule has 1 amide bonds. The van der Waals surface area contributed by atoms with Crippen LogP contribution in [0.25, 0.3) is 0 Å². The molecule has 1 unspecified atom stereocenters. The van der Waals surface area contributed by atoms with Crippen molar-refractivity contribution in [1.82, 2.24) is 5.32 Å². The molecule has 120 valence electrons. The molecular formula is C20H17NO3. The van der Waals surface area contributed by atoms with Crippen molar-refractivity contribution >= 4 is 11.7 Å². The van der Waals surface area contributed by atoms with Crippen LogP contribution < -0.4 is 5.32 Å². The summed E-state index contributed by atoms with van der Waals surface area (Å²) in [4.78, 5) is 24.8. The van der Waals surface area contributed by atoms with E-state index < -0.39 is 17.7 Å². The van der Waals surface area contributed by atoms with Crippen LogP contribution >= 0.6 is 0 Å². The fourth-order valence-electron chi connectivity index (χ4n) is 2.45. The second kappa shape index (κ2) is 6.96. The normalized spacial score (nSPS) is 11.7. The number of Topliss-reactive ketones (excluding diaryl/α,β-unsaturated/α-hetero) is 1. The molecule has 1 atom stereocenters. The molecule has 0 radical (unpaired) electrons. The second-order valence-electron chi connectivity index (χ2n) is 5.53. The molecule has 1 heterocycles. The Morgan fingerprint density at radius 2 is 1.62 bits per heavy atom. The predicted molar refractivity (Wildman–Crippen MR) is 90.6 cm³/mol. The minimum Gasteiger partial charge on any atom is -0.467 e. The number of amides is 1. The number of carbonyl (C=O) groups is 2. The molecule has 0 aliphatic rings. The summed E-state index contributed by atoms with van der Waals surface area (Å²) >= 11 is 0. The Balaban J connectivity index is 1.83. The lowest BCUT2D eigenvalue weighted by Gasteiger charge is -2.16. The standard InChI is InChI=1S/C20H17NO3/c1-14-9-11-16(12-10-14)19(22)20(23)21-18(17-8-5-13-24-17)15-6-3-2-4-7-15/h2-13,18H,1H3,(H,21,23). The van der Waals surface area contributed by atoms with Crippen LogP contribution in [0, 0.1) is 6.92 Å². The third-order valence-corrected chi connectivity index (χ3v) is 3.76. The molecule has 0 spiro atoms. The van der Waals surface area contributed by atoms with Crippen LogP contribution in [-0.2, 0) is 4.79 Å². The maximum atomic E-state index is 12.4. The Hall–Kier alpha value is -3.14. The number of benzene rings is 2. The summed E-state index contributed by atoms with van der Waals surface area (Å²) in [6, 6.07) is 19.3. The van der Waals surface area contributed by atoms with E-state index in [2.05, 4.69) is 5.32 Å². The van der Waals surface area contributed by atoms with E-state index in [0.717, 1.165) is 11.1 Å². The first-order valence-electron chi connectivity index (χ1n) is 7.65. The van der Waals surface area contributed by atoms with Gasteiger partial charge in [0, 0.05) is 5.56 Å². The number of hydrogen-bond donors (Lipinski definition) is 1. The summed E-state index contributed by atoms with van der Waals surface area (Å²) in [5.41, 5.74) is 2.24. The van der Waals surface area contributed by atoms with Crippen molar-refractivity contribution in [3.63, 3.8) is 0 Å². The van der Waals surface area contributed by atoms with E-state index in [9.17, 15) is 9.59 Å². The van der Waals surface area contributed by atoms with E-state index >= 15 is 0 Å². The van der Waals surface area contributed by atoms with Crippen molar-refractivity contribution in [3.05, 3.63) is 95.4 Å². The van der Waals surface area contributed by atoms with E-state index in [1.165, 1.54) is 0 Å². The van der Waals surface area contributed by atoms with Crippen LogP contribution in [0.5, 0.6) is 0 Å². The summed E-state index contributed by atoms with van der Waals surface area (Å²) in [6.45, 7) is 1.93. The van der Waals surface area contributed by atoms with Crippen molar-refractivity contribution < 1.29 is 14.0 Å². The Morgan fingerprint density at radius 3 is 2.25 bits per heavy atom. The first kappa shape index (κ1) is 15.7. The Bertz CT molecular complexity index is 821.